The third-order valence-corrected chi connectivity index (χ3v) is 4.63. The van der Waals surface area contributed by atoms with Crippen LogP contribution in [0.5, 0.6) is 0 Å². The molecule has 1 aliphatic carbocycles. The molecule has 0 amide bonds. The van der Waals surface area contributed by atoms with Gasteiger partial charge in [0.2, 0.25) is 11.6 Å². The Kier molecular flexibility index (Phi) is 2.40. The monoisotopic (exact) mass is 279 g/mol. The van der Waals surface area contributed by atoms with Crippen LogP contribution in [0.25, 0.3) is 0 Å². The molecular formula is C11H5NO4S2. The number of rotatable bonds is 1. The fourth-order valence-electron chi connectivity index (χ4n) is 1.80. The first-order valence-corrected chi connectivity index (χ1v) is 6.55. The average molecular weight is 279 g/mol. The second-order valence-corrected chi connectivity index (χ2v) is 5.55. The van der Waals surface area contributed by atoms with Crippen molar-refractivity contribution in [3.63, 3.8) is 0 Å². The topological polar surface area (TPSA) is 86.5 Å². The first kappa shape index (κ1) is 11.3. The molecule has 3 rings (SSSR count). The molecule has 0 unspecified atom stereocenters. The number of thiophene rings is 2. The van der Waals surface area contributed by atoms with Gasteiger partial charge < -0.3 is 4.84 Å². The van der Waals surface area contributed by atoms with Crippen molar-refractivity contribution >= 4 is 40.2 Å². The van der Waals surface area contributed by atoms with Crippen molar-refractivity contribution in [3.8, 4) is 0 Å². The van der Waals surface area contributed by atoms with Crippen molar-refractivity contribution in [3.05, 3.63) is 43.3 Å². The van der Waals surface area contributed by atoms with Crippen LogP contribution in [0.1, 0.15) is 40.1 Å². The third-order valence-electron chi connectivity index (χ3n) is 2.61. The molecule has 1 aliphatic rings. The van der Waals surface area contributed by atoms with E-state index in [1.807, 2.05) is 0 Å². The van der Waals surface area contributed by atoms with Crippen LogP contribution in [0.15, 0.2) is 17.5 Å². The Morgan fingerprint density at radius 1 is 1.17 bits per heavy atom. The Morgan fingerprint density at radius 3 is 2.61 bits per heavy atom. The minimum Gasteiger partial charge on any atom is -0.369 e. The van der Waals surface area contributed by atoms with Crippen molar-refractivity contribution in [2.75, 3.05) is 0 Å². The maximum absolute atomic E-state index is 12.1. The third kappa shape index (κ3) is 1.38. The molecule has 0 fully saturated rings. The van der Waals surface area contributed by atoms with Crippen molar-refractivity contribution < 1.29 is 19.2 Å². The minimum atomic E-state index is -0.752. The molecule has 0 bridgehead atoms. The Bertz CT molecular complexity index is 650. The number of hydrogen-bond acceptors (Lipinski definition) is 7. The van der Waals surface area contributed by atoms with Crippen LogP contribution in [0.4, 0.5) is 0 Å². The molecule has 2 aromatic heterocycles. The lowest BCUT2D eigenvalue weighted by Crippen LogP contribution is -2.15. The molecule has 0 aromatic carbocycles. The van der Waals surface area contributed by atoms with E-state index in [1.165, 1.54) is 17.4 Å². The van der Waals surface area contributed by atoms with Crippen LogP contribution in [-0.4, -0.2) is 17.5 Å². The lowest BCUT2D eigenvalue weighted by molar-refractivity contribution is 0.0509. The van der Waals surface area contributed by atoms with E-state index in [0.29, 0.717) is 10.4 Å². The molecule has 0 saturated heterocycles. The van der Waals surface area contributed by atoms with Crippen LogP contribution < -0.4 is 5.90 Å². The highest BCUT2D eigenvalue weighted by Crippen LogP contribution is 2.35. The van der Waals surface area contributed by atoms with Crippen molar-refractivity contribution in [2.24, 2.45) is 5.90 Å². The van der Waals surface area contributed by atoms with Gasteiger partial charge in [0, 0.05) is 11.1 Å². The summed E-state index contributed by atoms with van der Waals surface area (Å²) in [5, 5.41) is 1.70. The van der Waals surface area contributed by atoms with Gasteiger partial charge in [0.1, 0.15) is 4.88 Å². The zero-order valence-corrected chi connectivity index (χ0v) is 10.4. The number of ketones is 2. The Hall–Kier alpha value is -1.83. The zero-order chi connectivity index (χ0) is 12.9. The lowest BCUT2D eigenvalue weighted by Gasteiger charge is -2.08. The van der Waals surface area contributed by atoms with Crippen molar-refractivity contribution in [1.29, 1.82) is 0 Å². The van der Waals surface area contributed by atoms with Gasteiger partial charge in [-0.25, -0.2) is 4.79 Å². The molecule has 0 spiro atoms. The van der Waals surface area contributed by atoms with Crippen LogP contribution in [-0.2, 0) is 4.84 Å². The summed E-state index contributed by atoms with van der Waals surface area (Å²) in [4.78, 5) is 40.5. The van der Waals surface area contributed by atoms with Crippen LogP contribution in [0.2, 0.25) is 0 Å². The van der Waals surface area contributed by atoms with Gasteiger partial charge in [-0.1, -0.05) is 0 Å². The largest absolute Gasteiger partial charge is 0.369 e. The number of carbonyl (C=O) groups is 3. The number of fused-ring (bicyclic) bond motifs is 2. The van der Waals surface area contributed by atoms with Gasteiger partial charge in [0.25, 0.3) is 0 Å². The summed E-state index contributed by atoms with van der Waals surface area (Å²) in [6.45, 7) is 0. The van der Waals surface area contributed by atoms with Gasteiger partial charge in [-0.2, -0.15) is 5.90 Å². The first-order valence-electron chi connectivity index (χ1n) is 4.85. The molecule has 0 saturated carbocycles. The molecule has 0 radical (unpaired) electrons. The fourth-order valence-corrected chi connectivity index (χ4v) is 3.63. The molecule has 18 heavy (non-hydrogen) atoms. The second kappa shape index (κ2) is 3.84. The van der Waals surface area contributed by atoms with E-state index < -0.39 is 5.97 Å². The molecule has 2 aromatic rings. The van der Waals surface area contributed by atoms with E-state index in [9.17, 15) is 14.4 Å². The minimum absolute atomic E-state index is 0.152. The van der Waals surface area contributed by atoms with Crippen LogP contribution in [0, 0.1) is 0 Å². The quantitative estimate of drug-likeness (QED) is 0.684. The molecule has 5 nitrogen and oxygen atoms in total. The van der Waals surface area contributed by atoms with Gasteiger partial charge in [0.15, 0.2) is 0 Å². The van der Waals surface area contributed by atoms with E-state index >= 15 is 0 Å². The summed E-state index contributed by atoms with van der Waals surface area (Å²) >= 11 is 2.14. The molecule has 90 valence electrons. The summed E-state index contributed by atoms with van der Waals surface area (Å²) in [5.74, 6) is 3.56. The van der Waals surface area contributed by atoms with E-state index in [1.54, 1.807) is 11.4 Å². The molecule has 2 heterocycles. The molecule has 7 heteroatoms. The highest BCUT2D eigenvalue weighted by atomic mass is 32.1. The van der Waals surface area contributed by atoms with Crippen LogP contribution in [0.3, 0.4) is 0 Å². The Labute approximate surface area is 109 Å². The summed E-state index contributed by atoms with van der Waals surface area (Å²) < 4.78 is 0. The molecule has 2 N–H and O–H groups in total. The molecule has 0 atom stereocenters. The van der Waals surface area contributed by atoms with Crippen molar-refractivity contribution in [1.82, 2.24) is 0 Å². The first-order chi connectivity index (χ1) is 8.63. The van der Waals surface area contributed by atoms with Gasteiger partial charge in [-0.05, 0) is 17.5 Å². The van der Waals surface area contributed by atoms with Gasteiger partial charge in [-0.15, -0.1) is 22.7 Å². The van der Waals surface area contributed by atoms with E-state index in [2.05, 4.69) is 4.84 Å². The maximum Gasteiger partial charge on any atom is 0.366 e. The highest BCUT2D eigenvalue weighted by Gasteiger charge is 2.34. The van der Waals surface area contributed by atoms with E-state index in [0.717, 1.165) is 11.3 Å². The standard InChI is InChI=1S/C11H5NO4S2/c12-16-11(15)6-3-5-8(14)9-4(1-2-17-9)7(13)10(5)18-6/h1-3H,12H2. The summed E-state index contributed by atoms with van der Waals surface area (Å²) in [7, 11) is 0. The summed E-state index contributed by atoms with van der Waals surface area (Å²) in [6.07, 6.45) is 0. The van der Waals surface area contributed by atoms with Gasteiger partial charge >= 0.3 is 5.97 Å². The zero-order valence-electron chi connectivity index (χ0n) is 8.76. The second-order valence-electron chi connectivity index (χ2n) is 3.58. The summed E-state index contributed by atoms with van der Waals surface area (Å²) in [5.41, 5.74) is 0.646. The summed E-state index contributed by atoms with van der Waals surface area (Å²) in [6, 6.07) is 2.97. The number of nitrogens with two attached hydrogens (primary N) is 1. The number of carbonyl (C=O) groups excluding carboxylic acids is 3. The maximum atomic E-state index is 12.1. The molecular weight excluding hydrogens is 274 g/mol. The predicted octanol–water partition coefficient (Wildman–Crippen LogP) is 1.62. The smallest absolute Gasteiger partial charge is 0.366 e. The normalized spacial score (nSPS) is 13.2. The van der Waals surface area contributed by atoms with E-state index in [4.69, 9.17) is 5.90 Å². The van der Waals surface area contributed by atoms with Crippen LogP contribution >= 0.6 is 22.7 Å². The van der Waals surface area contributed by atoms with E-state index in [-0.39, 0.29) is 26.9 Å². The van der Waals surface area contributed by atoms with Gasteiger partial charge in [0.05, 0.1) is 9.75 Å². The Morgan fingerprint density at radius 2 is 1.89 bits per heavy atom. The average Bonchev–Trinajstić information content (AvgIpc) is 3.01. The predicted molar refractivity (Wildman–Crippen MR) is 65.1 cm³/mol. The van der Waals surface area contributed by atoms with Gasteiger partial charge in [-0.3, -0.25) is 9.59 Å². The lowest BCUT2D eigenvalue weighted by atomic mass is 9.96. The Balaban J connectivity index is 2.19. The SMILES string of the molecule is NOC(=O)c1cc2c(s1)C(=O)c1ccsc1C2=O. The van der Waals surface area contributed by atoms with Crippen molar-refractivity contribution in [2.45, 2.75) is 0 Å². The molecule has 0 aliphatic heterocycles. The fraction of sp³-hybridized carbons (Fsp3) is 0. The highest BCUT2D eigenvalue weighted by molar-refractivity contribution is 7.17. The number of hydrogen-bond donors (Lipinski definition) is 1.